The first-order valence-corrected chi connectivity index (χ1v) is 6.64. The van der Waals surface area contributed by atoms with Gasteiger partial charge in [-0.25, -0.2) is 0 Å². The van der Waals surface area contributed by atoms with E-state index in [0.717, 1.165) is 18.5 Å². The van der Waals surface area contributed by atoms with Crippen molar-refractivity contribution in [3.05, 3.63) is 39.3 Å². The average molecular weight is 299 g/mol. The normalized spacial score (nSPS) is 12.0. The van der Waals surface area contributed by atoms with Crippen molar-refractivity contribution < 1.29 is 13.2 Å². The molecule has 2 rings (SSSR count). The molecule has 4 nitrogen and oxygen atoms in total. The molecule has 21 heavy (non-hydrogen) atoms. The van der Waals surface area contributed by atoms with E-state index in [1.807, 2.05) is 6.92 Å². The summed E-state index contributed by atoms with van der Waals surface area (Å²) in [7, 11) is 0. The van der Waals surface area contributed by atoms with Gasteiger partial charge < -0.3 is 10.3 Å². The molecule has 0 aliphatic heterocycles. The Bertz CT molecular complexity index is 707. The molecule has 0 aliphatic rings. The molecular weight excluding hydrogens is 283 g/mol. The smallest absolute Gasteiger partial charge is 0.320 e. The molecule has 0 saturated carbocycles. The summed E-state index contributed by atoms with van der Waals surface area (Å²) in [5, 5.41) is 3.17. The van der Waals surface area contributed by atoms with E-state index in [9.17, 15) is 18.0 Å². The summed E-state index contributed by atoms with van der Waals surface area (Å²) in [6.07, 6.45) is -2.18. The second-order valence-electron chi connectivity index (χ2n) is 4.87. The molecule has 0 radical (unpaired) electrons. The molecule has 0 atom stereocenters. The maximum absolute atomic E-state index is 12.9. The number of fused-ring (bicyclic) bond motifs is 1. The summed E-state index contributed by atoms with van der Waals surface area (Å²) in [6.45, 7) is 4.69. The zero-order valence-corrected chi connectivity index (χ0v) is 11.8. The highest BCUT2D eigenvalue weighted by Crippen LogP contribution is 2.31. The lowest BCUT2D eigenvalue weighted by Gasteiger charge is -2.11. The zero-order valence-electron chi connectivity index (χ0n) is 11.8. The van der Waals surface area contributed by atoms with Gasteiger partial charge in [0.1, 0.15) is 5.56 Å². The minimum absolute atomic E-state index is 0.144. The Morgan fingerprint density at radius 2 is 2.10 bits per heavy atom. The SMILES string of the molecule is CCCNCc1cnc2c(C)c(C(F)(F)F)c(=O)[nH]c2c1. The highest BCUT2D eigenvalue weighted by atomic mass is 19.4. The Morgan fingerprint density at radius 3 is 2.71 bits per heavy atom. The van der Waals surface area contributed by atoms with Crippen LogP contribution in [-0.2, 0) is 12.7 Å². The van der Waals surface area contributed by atoms with Crippen molar-refractivity contribution in [3.8, 4) is 0 Å². The van der Waals surface area contributed by atoms with E-state index < -0.39 is 17.3 Å². The molecule has 0 aliphatic carbocycles. The van der Waals surface area contributed by atoms with Gasteiger partial charge in [0.15, 0.2) is 0 Å². The maximum atomic E-state index is 12.9. The van der Waals surface area contributed by atoms with Gasteiger partial charge in [0.25, 0.3) is 5.56 Å². The van der Waals surface area contributed by atoms with Crippen LogP contribution in [0.5, 0.6) is 0 Å². The molecule has 2 heterocycles. The Hall–Kier alpha value is -1.89. The molecule has 0 amide bonds. The number of hydrogen-bond acceptors (Lipinski definition) is 3. The van der Waals surface area contributed by atoms with Crippen LogP contribution in [0.15, 0.2) is 17.1 Å². The van der Waals surface area contributed by atoms with Gasteiger partial charge in [0, 0.05) is 12.7 Å². The Kier molecular flexibility index (Phi) is 4.32. The number of alkyl halides is 3. The molecule has 114 valence electrons. The molecule has 0 saturated heterocycles. The summed E-state index contributed by atoms with van der Waals surface area (Å²) in [5.74, 6) is 0. The van der Waals surface area contributed by atoms with Crippen molar-refractivity contribution in [2.45, 2.75) is 33.0 Å². The van der Waals surface area contributed by atoms with Crippen molar-refractivity contribution in [1.29, 1.82) is 0 Å². The number of aromatic nitrogens is 2. The number of H-pyrrole nitrogens is 1. The number of aromatic amines is 1. The van der Waals surface area contributed by atoms with E-state index in [0.29, 0.717) is 12.1 Å². The molecule has 0 unspecified atom stereocenters. The van der Waals surface area contributed by atoms with Crippen LogP contribution >= 0.6 is 0 Å². The predicted octanol–water partition coefficient (Wildman–Crippen LogP) is 2.75. The van der Waals surface area contributed by atoms with E-state index in [-0.39, 0.29) is 11.1 Å². The fraction of sp³-hybridized carbons (Fsp3) is 0.429. The van der Waals surface area contributed by atoms with Gasteiger partial charge in [-0.05, 0) is 37.1 Å². The highest BCUT2D eigenvalue weighted by Gasteiger charge is 2.36. The molecule has 2 N–H and O–H groups in total. The Balaban J connectivity index is 2.49. The fourth-order valence-electron chi connectivity index (χ4n) is 2.22. The molecule has 0 fully saturated rings. The van der Waals surface area contributed by atoms with Crippen LogP contribution < -0.4 is 10.9 Å². The first-order valence-electron chi connectivity index (χ1n) is 6.64. The van der Waals surface area contributed by atoms with Crippen LogP contribution in [0.1, 0.15) is 30.0 Å². The summed E-state index contributed by atoms with van der Waals surface area (Å²) >= 11 is 0. The minimum Gasteiger partial charge on any atom is -0.320 e. The first-order chi connectivity index (χ1) is 9.84. The van der Waals surface area contributed by atoms with Crippen LogP contribution in [0, 0.1) is 6.92 Å². The molecule has 2 aromatic heterocycles. The van der Waals surface area contributed by atoms with Crippen molar-refractivity contribution in [3.63, 3.8) is 0 Å². The highest BCUT2D eigenvalue weighted by molar-refractivity contribution is 5.79. The number of hydrogen-bond donors (Lipinski definition) is 2. The second kappa shape index (κ2) is 5.85. The Morgan fingerprint density at radius 1 is 1.38 bits per heavy atom. The predicted molar refractivity (Wildman–Crippen MR) is 74.1 cm³/mol. The number of pyridine rings is 2. The zero-order chi connectivity index (χ0) is 15.6. The van der Waals surface area contributed by atoms with Crippen LogP contribution in [0.4, 0.5) is 13.2 Å². The standard InChI is InChI=1S/C14H16F3N3O/c1-3-4-18-6-9-5-10-12(19-7-9)8(2)11(13(21)20-10)14(15,16)17/h5,7,18H,3-4,6H2,1-2H3,(H,20,21). The molecule has 7 heteroatoms. The fourth-order valence-corrected chi connectivity index (χ4v) is 2.22. The third-order valence-electron chi connectivity index (χ3n) is 3.19. The summed E-state index contributed by atoms with van der Waals surface area (Å²) < 4.78 is 38.6. The van der Waals surface area contributed by atoms with E-state index in [2.05, 4.69) is 15.3 Å². The van der Waals surface area contributed by atoms with Gasteiger partial charge in [-0.3, -0.25) is 9.78 Å². The number of halogens is 3. The van der Waals surface area contributed by atoms with E-state index >= 15 is 0 Å². The monoisotopic (exact) mass is 299 g/mol. The lowest BCUT2D eigenvalue weighted by molar-refractivity contribution is -0.139. The van der Waals surface area contributed by atoms with Crippen LogP contribution in [-0.4, -0.2) is 16.5 Å². The number of nitrogens with zero attached hydrogens (tertiary/aromatic N) is 1. The first kappa shape index (κ1) is 15.5. The van der Waals surface area contributed by atoms with Gasteiger partial charge in [-0.2, -0.15) is 13.2 Å². The largest absolute Gasteiger partial charge is 0.422 e. The van der Waals surface area contributed by atoms with E-state index in [1.165, 1.54) is 13.1 Å². The van der Waals surface area contributed by atoms with Gasteiger partial charge in [-0.1, -0.05) is 6.92 Å². The minimum atomic E-state index is -4.69. The lowest BCUT2D eigenvalue weighted by atomic mass is 10.1. The third kappa shape index (κ3) is 3.24. The van der Waals surface area contributed by atoms with Crippen LogP contribution in [0.25, 0.3) is 11.0 Å². The van der Waals surface area contributed by atoms with Crippen LogP contribution in [0.3, 0.4) is 0 Å². The summed E-state index contributed by atoms with van der Waals surface area (Å²) in [5.41, 5.74) is -1.16. The van der Waals surface area contributed by atoms with Crippen molar-refractivity contribution in [2.75, 3.05) is 6.54 Å². The van der Waals surface area contributed by atoms with Gasteiger partial charge >= 0.3 is 6.18 Å². The Labute approximate surface area is 119 Å². The van der Waals surface area contributed by atoms with Gasteiger partial charge in [-0.15, -0.1) is 0 Å². The summed E-state index contributed by atoms with van der Waals surface area (Å²) in [6, 6.07) is 1.65. The number of nitrogens with one attached hydrogen (secondary N) is 2. The maximum Gasteiger partial charge on any atom is 0.422 e. The topological polar surface area (TPSA) is 57.8 Å². The van der Waals surface area contributed by atoms with E-state index in [1.54, 1.807) is 6.07 Å². The lowest BCUT2D eigenvalue weighted by Crippen LogP contribution is -2.24. The average Bonchev–Trinajstić information content (AvgIpc) is 2.37. The molecule has 2 aromatic rings. The van der Waals surface area contributed by atoms with E-state index in [4.69, 9.17) is 0 Å². The quantitative estimate of drug-likeness (QED) is 0.854. The third-order valence-corrected chi connectivity index (χ3v) is 3.19. The second-order valence-corrected chi connectivity index (χ2v) is 4.87. The molecule has 0 bridgehead atoms. The number of aryl methyl sites for hydroxylation is 1. The number of rotatable bonds is 4. The molecule has 0 spiro atoms. The molecular formula is C14H16F3N3O. The summed E-state index contributed by atoms with van der Waals surface area (Å²) in [4.78, 5) is 18.0. The molecule has 0 aromatic carbocycles. The van der Waals surface area contributed by atoms with Crippen LogP contribution in [0.2, 0.25) is 0 Å². The van der Waals surface area contributed by atoms with Crippen molar-refractivity contribution >= 4 is 11.0 Å². The van der Waals surface area contributed by atoms with Crippen molar-refractivity contribution in [1.82, 2.24) is 15.3 Å². The van der Waals surface area contributed by atoms with Gasteiger partial charge in [0.05, 0.1) is 11.0 Å². The van der Waals surface area contributed by atoms with Gasteiger partial charge in [0.2, 0.25) is 0 Å². The van der Waals surface area contributed by atoms with Crippen molar-refractivity contribution in [2.24, 2.45) is 0 Å².